The summed E-state index contributed by atoms with van der Waals surface area (Å²) >= 11 is 6.22. The summed E-state index contributed by atoms with van der Waals surface area (Å²) in [4.78, 5) is 16.1. The molecule has 0 saturated heterocycles. The Hall–Kier alpha value is -1.85. The van der Waals surface area contributed by atoms with Gasteiger partial charge in [-0.15, -0.1) is 0 Å². The van der Waals surface area contributed by atoms with Crippen molar-refractivity contribution < 1.29 is 4.79 Å². The average Bonchev–Trinajstić information content (AvgIpc) is 2.91. The van der Waals surface area contributed by atoms with Crippen LogP contribution in [0.25, 0.3) is 5.69 Å². The minimum absolute atomic E-state index is 0.0610. The highest BCUT2D eigenvalue weighted by molar-refractivity contribution is 6.33. The lowest BCUT2D eigenvalue weighted by Crippen LogP contribution is -2.39. The topological polar surface area (TPSA) is 72.9 Å². The molecule has 5 nitrogen and oxygen atoms in total. The standard InChI is InChI=1S/C14H17ClN4O/c1-9(2)12(16)14(20)18-11-5-3-4-10(15)13(11)19-7-6-17-8-19/h3-9,12H,16H2,1-2H3,(H,18,20)/t12-/m1/s1. The van der Waals surface area contributed by atoms with Gasteiger partial charge < -0.3 is 15.6 Å². The summed E-state index contributed by atoms with van der Waals surface area (Å²) in [5.74, 6) is -0.172. The first kappa shape index (κ1) is 14.6. The molecule has 0 spiro atoms. The van der Waals surface area contributed by atoms with Gasteiger partial charge in [-0.3, -0.25) is 4.79 Å². The van der Waals surface area contributed by atoms with Gasteiger partial charge in [0.15, 0.2) is 0 Å². The van der Waals surface area contributed by atoms with Crippen molar-refractivity contribution in [1.29, 1.82) is 0 Å². The smallest absolute Gasteiger partial charge is 0.241 e. The molecule has 1 aromatic carbocycles. The lowest BCUT2D eigenvalue weighted by Gasteiger charge is -2.18. The number of carbonyl (C=O) groups excluding carboxylic acids is 1. The minimum atomic E-state index is -0.565. The van der Waals surface area contributed by atoms with E-state index in [0.29, 0.717) is 16.4 Å². The van der Waals surface area contributed by atoms with Gasteiger partial charge in [0.25, 0.3) is 0 Å². The van der Waals surface area contributed by atoms with Crippen LogP contribution in [0.3, 0.4) is 0 Å². The van der Waals surface area contributed by atoms with Crippen LogP contribution in [-0.4, -0.2) is 21.5 Å². The van der Waals surface area contributed by atoms with Crippen molar-refractivity contribution >= 4 is 23.2 Å². The van der Waals surface area contributed by atoms with E-state index in [1.165, 1.54) is 0 Å². The molecule has 1 aromatic heterocycles. The van der Waals surface area contributed by atoms with Gasteiger partial charge in [-0.2, -0.15) is 0 Å². The first-order valence-electron chi connectivity index (χ1n) is 6.34. The normalized spacial score (nSPS) is 12.4. The number of halogens is 1. The van der Waals surface area contributed by atoms with Gasteiger partial charge in [0.2, 0.25) is 5.91 Å². The maximum atomic E-state index is 12.1. The number of benzene rings is 1. The molecule has 0 fully saturated rings. The zero-order chi connectivity index (χ0) is 14.7. The fourth-order valence-corrected chi connectivity index (χ4v) is 2.06. The van der Waals surface area contributed by atoms with Crippen LogP contribution < -0.4 is 11.1 Å². The molecule has 0 saturated carbocycles. The molecule has 0 aliphatic heterocycles. The molecular weight excluding hydrogens is 276 g/mol. The Bertz CT molecular complexity index is 595. The number of hydrogen-bond donors (Lipinski definition) is 2. The molecule has 0 radical (unpaired) electrons. The van der Waals surface area contributed by atoms with Crippen molar-refractivity contribution in [3.05, 3.63) is 41.9 Å². The van der Waals surface area contributed by atoms with Crippen molar-refractivity contribution in [3.8, 4) is 5.69 Å². The second-order valence-corrected chi connectivity index (χ2v) is 5.27. The summed E-state index contributed by atoms with van der Waals surface area (Å²) in [5.41, 5.74) is 7.14. The van der Waals surface area contributed by atoms with Crippen LogP contribution in [-0.2, 0) is 4.79 Å². The average molecular weight is 293 g/mol. The van der Waals surface area contributed by atoms with Crippen molar-refractivity contribution in [2.45, 2.75) is 19.9 Å². The van der Waals surface area contributed by atoms with Crippen molar-refractivity contribution in [3.63, 3.8) is 0 Å². The Balaban J connectivity index is 2.34. The van der Waals surface area contributed by atoms with Crippen LogP contribution in [0.2, 0.25) is 5.02 Å². The number of amides is 1. The lowest BCUT2D eigenvalue weighted by atomic mass is 10.0. The summed E-state index contributed by atoms with van der Waals surface area (Å²) in [7, 11) is 0. The molecule has 2 aromatic rings. The van der Waals surface area contributed by atoms with E-state index in [2.05, 4.69) is 10.3 Å². The molecule has 2 rings (SSSR count). The van der Waals surface area contributed by atoms with Crippen LogP contribution >= 0.6 is 11.6 Å². The van der Waals surface area contributed by atoms with E-state index < -0.39 is 6.04 Å². The molecule has 1 atom stereocenters. The maximum absolute atomic E-state index is 12.1. The van der Waals surface area contributed by atoms with E-state index in [1.807, 2.05) is 13.8 Å². The number of imidazole rings is 1. The van der Waals surface area contributed by atoms with Gasteiger partial charge in [0.05, 0.1) is 28.8 Å². The van der Waals surface area contributed by atoms with Crippen molar-refractivity contribution in [1.82, 2.24) is 9.55 Å². The number of para-hydroxylation sites is 1. The highest BCUT2D eigenvalue weighted by Gasteiger charge is 2.19. The van der Waals surface area contributed by atoms with E-state index in [4.69, 9.17) is 17.3 Å². The molecule has 106 valence electrons. The van der Waals surface area contributed by atoms with E-state index in [1.54, 1.807) is 41.5 Å². The molecule has 1 heterocycles. The van der Waals surface area contributed by atoms with Gasteiger partial charge in [0, 0.05) is 12.4 Å². The monoisotopic (exact) mass is 292 g/mol. The number of nitrogens with two attached hydrogens (primary N) is 1. The number of aromatic nitrogens is 2. The van der Waals surface area contributed by atoms with Crippen LogP contribution in [0.1, 0.15) is 13.8 Å². The summed E-state index contributed by atoms with van der Waals surface area (Å²) in [5, 5.41) is 3.35. The largest absolute Gasteiger partial charge is 0.323 e. The first-order chi connectivity index (χ1) is 9.50. The van der Waals surface area contributed by atoms with Crippen molar-refractivity contribution in [2.75, 3.05) is 5.32 Å². The second-order valence-electron chi connectivity index (χ2n) is 4.87. The highest BCUT2D eigenvalue weighted by atomic mass is 35.5. The molecule has 3 N–H and O–H groups in total. The fraction of sp³-hybridized carbons (Fsp3) is 0.286. The summed E-state index contributed by atoms with van der Waals surface area (Å²) in [6, 6.07) is 4.75. The zero-order valence-electron chi connectivity index (χ0n) is 11.4. The maximum Gasteiger partial charge on any atom is 0.241 e. The van der Waals surface area contributed by atoms with Crippen LogP contribution in [0, 0.1) is 5.92 Å². The van der Waals surface area contributed by atoms with Gasteiger partial charge in [-0.25, -0.2) is 4.98 Å². The van der Waals surface area contributed by atoms with Gasteiger partial charge in [-0.1, -0.05) is 31.5 Å². The van der Waals surface area contributed by atoms with Gasteiger partial charge in [0.1, 0.15) is 0 Å². The van der Waals surface area contributed by atoms with Crippen LogP contribution in [0.15, 0.2) is 36.9 Å². The third-order valence-electron chi connectivity index (χ3n) is 3.03. The third kappa shape index (κ3) is 3.00. The Morgan fingerprint density at radius 1 is 1.45 bits per heavy atom. The van der Waals surface area contributed by atoms with Gasteiger partial charge in [-0.05, 0) is 18.1 Å². The summed E-state index contributed by atoms with van der Waals surface area (Å²) in [6.45, 7) is 3.80. The van der Waals surface area contributed by atoms with Crippen LogP contribution in [0.5, 0.6) is 0 Å². The summed E-state index contributed by atoms with van der Waals surface area (Å²) < 4.78 is 1.75. The Morgan fingerprint density at radius 3 is 2.80 bits per heavy atom. The lowest BCUT2D eigenvalue weighted by molar-refractivity contribution is -0.118. The predicted octanol–water partition coefficient (Wildman–Crippen LogP) is 2.45. The molecule has 0 aliphatic carbocycles. The second kappa shape index (κ2) is 6.07. The van der Waals surface area contributed by atoms with Gasteiger partial charge >= 0.3 is 0 Å². The van der Waals surface area contributed by atoms with E-state index in [-0.39, 0.29) is 11.8 Å². The van der Waals surface area contributed by atoms with E-state index >= 15 is 0 Å². The number of rotatable bonds is 4. The highest BCUT2D eigenvalue weighted by Crippen LogP contribution is 2.28. The SMILES string of the molecule is CC(C)[C@@H](N)C(=O)Nc1cccc(Cl)c1-n1ccnc1. The number of nitrogens with zero attached hydrogens (tertiary/aromatic N) is 2. The number of nitrogens with one attached hydrogen (secondary N) is 1. The Kier molecular flexibility index (Phi) is 4.42. The van der Waals surface area contributed by atoms with E-state index in [9.17, 15) is 4.79 Å². The molecule has 6 heteroatoms. The molecular formula is C14H17ClN4O. The minimum Gasteiger partial charge on any atom is -0.323 e. The number of hydrogen-bond acceptors (Lipinski definition) is 3. The molecule has 0 bridgehead atoms. The Labute approximate surface area is 122 Å². The van der Waals surface area contributed by atoms with Crippen LogP contribution in [0.4, 0.5) is 5.69 Å². The molecule has 0 aliphatic rings. The Morgan fingerprint density at radius 2 is 2.20 bits per heavy atom. The van der Waals surface area contributed by atoms with E-state index in [0.717, 1.165) is 0 Å². The first-order valence-corrected chi connectivity index (χ1v) is 6.71. The number of anilines is 1. The zero-order valence-corrected chi connectivity index (χ0v) is 12.1. The quantitative estimate of drug-likeness (QED) is 0.909. The third-order valence-corrected chi connectivity index (χ3v) is 3.33. The fourth-order valence-electron chi connectivity index (χ4n) is 1.79. The molecule has 1 amide bonds. The summed E-state index contributed by atoms with van der Waals surface area (Å²) in [6.07, 6.45) is 5.03. The predicted molar refractivity (Wildman–Crippen MR) is 80.0 cm³/mol. The molecule has 20 heavy (non-hydrogen) atoms. The van der Waals surface area contributed by atoms with Crippen molar-refractivity contribution in [2.24, 2.45) is 11.7 Å². The number of carbonyl (C=O) groups is 1. The molecule has 0 unspecified atom stereocenters.